The zero-order valence-electron chi connectivity index (χ0n) is 15.7. The normalized spacial score (nSPS) is 12.7. The standard InChI is InChI=1S/C21H20FN3O3/c1-13-19(14(2)25(24-13)17-8-6-16(22)7-9-17)21(26)23-12-15-4-3-5-18-20(15)28-11-10-27-18/h3-9H,10-12H2,1-2H3,(H,23,26). The topological polar surface area (TPSA) is 65.4 Å². The summed E-state index contributed by atoms with van der Waals surface area (Å²) in [6.45, 7) is 4.92. The molecule has 1 aliphatic rings. The molecule has 2 heterocycles. The number of carbonyl (C=O) groups excluding carboxylic acids is 1. The summed E-state index contributed by atoms with van der Waals surface area (Å²) in [6.07, 6.45) is 0. The Morgan fingerprint density at radius 3 is 2.68 bits per heavy atom. The molecule has 6 nitrogen and oxygen atoms in total. The van der Waals surface area contributed by atoms with E-state index in [2.05, 4.69) is 10.4 Å². The summed E-state index contributed by atoms with van der Waals surface area (Å²) in [6, 6.07) is 11.6. The van der Waals surface area contributed by atoms with Crippen molar-refractivity contribution in [1.29, 1.82) is 0 Å². The average molecular weight is 381 g/mol. The number of nitrogens with one attached hydrogen (secondary N) is 1. The van der Waals surface area contributed by atoms with Crippen LogP contribution in [-0.2, 0) is 6.54 Å². The molecule has 4 rings (SSSR count). The molecule has 0 aliphatic carbocycles. The molecule has 3 aromatic rings. The van der Waals surface area contributed by atoms with Crippen LogP contribution in [0, 0.1) is 19.7 Å². The molecule has 0 spiro atoms. The first-order chi connectivity index (χ1) is 13.5. The van der Waals surface area contributed by atoms with Crippen LogP contribution in [0.15, 0.2) is 42.5 Å². The van der Waals surface area contributed by atoms with E-state index in [9.17, 15) is 9.18 Å². The lowest BCUT2D eigenvalue weighted by atomic mass is 10.1. The molecule has 7 heteroatoms. The number of amides is 1. The molecule has 28 heavy (non-hydrogen) atoms. The number of hydrogen-bond acceptors (Lipinski definition) is 4. The zero-order chi connectivity index (χ0) is 19.7. The van der Waals surface area contributed by atoms with E-state index in [4.69, 9.17) is 9.47 Å². The number of carbonyl (C=O) groups is 1. The van der Waals surface area contributed by atoms with Gasteiger partial charge in [-0.15, -0.1) is 0 Å². The van der Waals surface area contributed by atoms with Crippen molar-refractivity contribution in [1.82, 2.24) is 15.1 Å². The number of halogens is 1. The number of para-hydroxylation sites is 1. The van der Waals surface area contributed by atoms with Crippen LogP contribution >= 0.6 is 0 Å². The van der Waals surface area contributed by atoms with Crippen molar-refractivity contribution in [2.24, 2.45) is 0 Å². The summed E-state index contributed by atoms with van der Waals surface area (Å²) < 4.78 is 26.1. The van der Waals surface area contributed by atoms with Gasteiger partial charge in [0, 0.05) is 12.1 Å². The lowest BCUT2D eigenvalue weighted by Gasteiger charge is -2.21. The first-order valence-corrected chi connectivity index (χ1v) is 9.02. The molecule has 0 saturated carbocycles. The second kappa shape index (κ2) is 7.34. The minimum Gasteiger partial charge on any atom is -0.486 e. The molecule has 0 atom stereocenters. The first kappa shape index (κ1) is 18.0. The number of aryl methyl sites for hydroxylation is 1. The average Bonchev–Trinajstić information content (AvgIpc) is 3.01. The van der Waals surface area contributed by atoms with Crippen molar-refractivity contribution in [2.75, 3.05) is 13.2 Å². The highest BCUT2D eigenvalue weighted by molar-refractivity contribution is 5.96. The third-order valence-electron chi connectivity index (χ3n) is 4.68. The van der Waals surface area contributed by atoms with Gasteiger partial charge in [0.1, 0.15) is 19.0 Å². The Kier molecular flexibility index (Phi) is 4.73. The van der Waals surface area contributed by atoms with E-state index >= 15 is 0 Å². The van der Waals surface area contributed by atoms with Crippen LogP contribution in [0.2, 0.25) is 0 Å². The van der Waals surface area contributed by atoms with Crippen LogP contribution in [0.1, 0.15) is 27.3 Å². The molecule has 1 N–H and O–H groups in total. The van der Waals surface area contributed by atoms with Gasteiger partial charge >= 0.3 is 0 Å². The van der Waals surface area contributed by atoms with Gasteiger partial charge < -0.3 is 14.8 Å². The van der Waals surface area contributed by atoms with E-state index in [1.54, 1.807) is 23.7 Å². The lowest BCUT2D eigenvalue weighted by Crippen LogP contribution is -2.25. The molecular weight excluding hydrogens is 361 g/mol. The van der Waals surface area contributed by atoms with Gasteiger partial charge in [-0.2, -0.15) is 5.10 Å². The third-order valence-corrected chi connectivity index (χ3v) is 4.68. The highest BCUT2D eigenvalue weighted by atomic mass is 19.1. The van der Waals surface area contributed by atoms with Crippen LogP contribution in [0.25, 0.3) is 5.69 Å². The maximum absolute atomic E-state index is 13.2. The van der Waals surface area contributed by atoms with E-state index in [0.717, 1.165) is 5.56 Å². The van der Waals surface area contributed by atoms with E-state index in [-0.39, 0.29) is 11.7 Å². The van der Waals surface area contributed by atoms with Crippen LogP contribution in [0.4, 0.5) is 4.39 Å². The van der Waals surface area contributed by atoms with Crippen molar-refractivity contribution < 1.29 is 18.7 Å². The predicted molar refractivity (Wildman–Crippen MR) is 102 cm³/mol. The van der Waals surface area contributed by atoms with Crippen molar-refractivity contribution in [3.63, 3.8) is 0 Å². The number of aromatic nitrogens is 2. The predicted octanol–water partition coefficient (Wildman–Crippen LogP) is 3.33. The Morgan fingerprint density at radius 1 is 1.14 bits per heavy atom. The molecule has 0 bridgehead atoms. The molecule has 0 saturated heterocycles. The quantitative estimate of drug-likeness (QED) is 0.753. The van der Waals surface area contributed by atoms with Gasteiger partial charge in [-0.05, 0) is 44.2 Å². The first-order valence-electron chi connectivity index (χ1n) is 9.02. The number of rotatable bonds is 4. The van der Waals surface area contributed by atoms with Crippen LogP contribution in [-0.4, -0.2) is 28.9 Å². The summed E-state index contributed by atoms with van der Waals surface area (Å²) in [5.74, 6) is 0.817. The minimum absolute atomic E-state index is 0.224. The van der Waals surface area contributed by atoms with E-state index in [1.165, 1.54) is 12.1 Å². The number of nitrogens with zero attached hydrogens (tertiary/aromatic N) is 2. The molecule has 0 radical (unpaired) electrons. The summed E-state index contributed by atoms with van der Waals surface area (Å²) in [7, 11) is 0. The van der Waals surface area contributed by atoms with Gasteiger partial charge in [0.2, 0.25) is 0 Å². The second-order valence-corrected chi connectivity index (χ2v) is 6.56. The fourth-order valence-corrected chi connectivity index (χ4v) is 3.34. The van der Waals surface area contributed by atoms with Gasteiger partial charge in [-0.25, -0.2) is 9.07 Å². The van der Waals surface area contributed by atoms with E-state index in [0.29, 0.717) is 53.9 Å². The number of fused-ring (bicyclic) bond motifs is 1. The fraction of sp³-hybridized carbons (Fsp3) is 0.238. The van der Waals surface area contributed by atoms with Gasteiger partial charge in [0.25, 0.3) is 5.91 Å². The molecule has 1 aliphatic heterocycles. The van der Waals surface area contributed by atoms with Crippen molar-refractivity contribution in [2.45, 2.75) is 20.4 Å². The van der Waals surface area contributed by atoms with Gasteiger partial charge in [-0.3, -0.25) is 4.79 Å². The van der Waals surface area contributed by atoms with Crippen LogP contribution in [0.3, 0.4) is 0 Å². The van der Waals surface area contributed by atoms with Gasteiger partial charge in [0.15, 0.2) is 11.5 Å². The SMILES string of the molecule is Cc1nn(-c2ccc(F)cc2)c(C)c1C(=O)NCc1cccc2c1OCCO2. The smallest absolute Gasteiger partial charge is 0.255 e. The summed E-state index contributed by atoms with van der Waals surface area (Å²) >= 11 is 0. The molecule has 0 unspecified atom stereocenters. The van der Waals surface area contributed by atoms with Crippen LogP contribution < -0.4 is 14.8 Å². The third kappa shape index (κ3) is 3.31. The van der Waals surface area contributed by atoms with Gasteiger partial charge in [-0.1, -0.05) is 12.1 Å². The Balaban J connectivity index is 1.55. The molecule has 1 aromatic heterocycles. The highest BCUT2D eigenvalue weighted by Gasteiger charge is 2.21. The number of benzene rings is 2. The Bertz CT molecular complexity index is 1030. The molecule has 1 amide bonds. The van der Waals surface area contributed by atoms with Crippen molar-refractivity contribution in [3.8, 4) is 17.2 Å². The maximum atomic E-state index is 13.2. The van der Waals surface area contributed by atoms with Crippen LogP contribution in [0.5, 0.6) is 11.5 Å². The monoisotopic (exact) mass is 381 g/mol. The summed E-state index contributed by atoms with van der Waals surface area (Å²) in [4.78, 5) is 12.8. The Morgan fingerprint density at radius 2 is 1.89 bits per heavy atom. The molecular formula is C21H20FN3O3. The number of hydrogen-bond donors (Lipinski definition) is 1. The van der Waals surface area contributed by atoms with E-state index < -0.39 is 0 Å². The summed E-state index contributed by atoms with van der Waals surface area (Å²) in [5, 5.41) is 7.38. The Labute approximate surface area is 161 Å². The minimum atomic E-state index is -0.319. The van der Waals surface area contributed by atoms with Gasteiger partial charge in [0.05, 0.1) is 22.6 Å². The Hall–Kier alpha value is -3.35. The van der Waals surface area contributed by atoms with E-state index in [1.807, 2.05) is 25.1 Å². The lowest BCUT2D eigenvalue weighted by molar-refractivity contribution is 0.0948. The largest absolute Gasteiger partial charge is 0.486 e. The molecule has 0 fully saturated rings. The number of ether oxygens (including phenoxy) is 2. The maximum Gasteiger partial charge on any atom is 0.255 e. The van der Waals surface area contributed by atoms with Crippen molar-refractivity contribution >= 4 is 5.91 Å². The molecule has 144 valence electrons. The second-order valence-electron chi connectivity index (χ2n) is 6.56. The fourth-order valence-electron chi connectivity index (χ4n) is 3.34. The molecule has 2 aromatic carbocycles. The highest BCUT2D eigenvalue weighted by Crippen LogP contribution is 2.33. The summed E-state index contributed by atoms with van der Waals surface area (Å²) in [5.41, 5.74) is 3.35. The van der Waals surface area contributed by atoms with Crippen molar-refractivity contribution in [3.05, 3.63) is 70.8 Å². The zero-order valence-corrected chi connectivity index (χ0v) is 15.7.